The minimum absolute atomic E-state index is 0.683. The van der Waals surface area contributed by atoms with E-state index in [0.717, 1.165) is 5.69 Å². The van der Waals surface area contributed by atoms with Gasteiger partial charge in [0.1, 0.15) is 0 Å². The molecule has 12 heavy (non-hydrogen) atoms. The average molecular weight is 161 g/mol. The van der Waals surface area contributed by atoms with Gasteiger partial charge in [0, 0.05) is 6.20 Å². The number of pyridine rings is 1. The van der Waals surface area contributed by atoms with Crippen LogP contribution in [0.3, 0.4) is 0 Å². The second-order valence-corrected chi connectivity index (χ2v) is 2.22. The van der Waals surface area contributed by atoms with Crippen molar-refractivity contribution < 1.29 is 0 Å². The average Bonchev–Trinajstić information content (AvgIpc) is 2.59. The molecule has 0 aromatic carbocycles. The van der Waals surface area contributed by atoms with Crippen molar-refractivity contribution in [3.05, 3.63) is 30.7 Å². The SMILES string of the molecule is c1cncc(Nc2cn[nH]n2)c1. The molecular weight excluding hydrogens is 154 g/mol. The number of aromatic amines is 1. The fourth-order valence-electron chi connectivity index (χ4n) is 0.846. The summed E-state index contributed by atoms with van der Waals surface area (Å²) in [7, 11) is 0. The highest BCUT2D eigenvalue weighted by Gasteiger charge is 1.94. The quantitative estimate of drug-likeness (QED) is 0.688. The largest absolute Gasteiger partial charge is 0.336 e. The Hall–Kier alpha value is -1.91. The van der Waals surface area contributed by atoms with Gasteiger partial charge in [-0.05, 0) is 12.1 Å². The molecule has 60 valence electrons. The number of hydrogen-bond donors (Lipinski definition) is 2. The third-order valence-corrected chi connectivity index (χ3v) is 1.35. The van der Waals surface area contributed by atoms with Gasteiger partial charge in [0.2, 0.25) is 0 Å². The van der Waals surface area contributed by atoms with Crippen LogP contribution >= 0.6 is 0 Å². The van der Waals surface area contributed by atoms with Crippen LogP contribution in [0.15, 0.2) is 30.7 Å². The monoisotopic (exact) mass is 161 g/mol. The smallest absolute Gasteiger partial charge is 0.172 e. The minimum atomic E-state index is 0.683. The predicted octanol–water partition coefficient (Wildman–Crippen LogP) is 0.943. The van der Waals surface area contributed by atoms with Crippen LogP contribution in [0.5, 0.6) is 0 Å². The van der Waals surface area contributed by atoms with Gasteiger partial charge in [-0.2, -0.15) is 10.3 Å². The summed E-state index contributed by atoms with van der Waals surface area (Å²) in [5, 5.41) is 13.0. The molecule has 0 spiro atoms. The number of aromatic nitrogens is 4. The summed E-state index contributed by atoms with van der Waals surface area (Å²) in [5.41, 5.74) is 0.895. The molecule has 5 nitrogen and oxygen atoms in total. The number of nitrogens with zero attached hydrogens (tertiary/aromatic N) is 3. The number of hydrogen-bond acceptors (Lipinski definition) is 4. The molecule has 0 aliphatic heterocycles. The van der Waals surface area contributed by atoms with Crippen molar-refractivity contribution in [2.75, 3.05) is 5.32 Å². The van der Waals surface area contributed by atoms with Crippen LogP contribution in [0.2, 0.25) is 0 Å². The number of rotatable bonds is 2. The van der Waals surface area contributed by atoms with Crippen molar-refractivity contribution in [3.63, 3.8) is 0 Å². The molecule has 2 aromatic rings. The summed E-state index contributed by atoms with van der Waals surface area (Å²) >= 11 is 0. The first-order valence-electron chi connectivity index (χ1n) is 3.48. The summed E-state index contributed by atoms with van der Waals surface area (Å²) in [4.78, 5) is 3.94. The predicted molar refractivity (Wildman–Crippen MR) is 43.9 cm³/mol. The molecule has 0 bridgehead atoms. The molecule has 2 rings (SSSR count). The van der Waals surface area contributed by atoms with Gasteiger partial charge < -0.3 is 5.32 Å². The Kier molecular flexibility index (Phi) is 1.69. The van der Waals surface area contributed by atoms with E-state index in [-0.39, 0.29) is 0 Å². The minimum Gasteiger partial charge on any atom is -0.336 e. The summed E-state index contributed by atoms with van der Waals surface area (Å²) in [6.07, 6.45) is 5.04. The summed E-state index contributed by atoms with van der Waals surface area (Å²) < 4.78 is 0. The summed E-state index contributed by atoms with van der Waals surface area (Å²) in [6.45, 7) is 0. The number of nitrogens with one attached hydrogen (secondary N) is 2. The van der Waals surface area contributed by atoms with E-state index < -0.39 is 0 Å². The zero-order chi connectivity index (χ0) is 8.23. The zero-order valence-corrected chi connectivity index (χ0v) is 6.23. The molecule has 2 N–H and O–H groups in total. The molecule has 2 aromatic heterocycles. The molecule has 0 radical (unpaired) electrons. The van der Waals surface area contributed by atoms with Gasteiger partial charge in [0.15, 0.2) is 5.82 Å². The fourth-order valence-corrected chi connectivity index (χ4v) is 0.846. The molecule has 0 aliphatic carbocycles. The van der Waals surface area contributed by atoms with Crippen molar-refractivity contribution in [2.45, 2.75) is 0 Å². The lowest BCUT2D eigenvalue weighted by atomic mass is 10.4. The zero-order valence-electron chi connectivity index (χ0n) is 6.23. The first-order chi connectivity index (χ1) is 5.95. The van der Waals surface area contributed by atoms with Gasteiger partial charge in [-0.3, -0.25) is 4.98 Å². The summed E-state index contributed by atoms with van der Waals surface area (Å²) in [6, 6.07) is 3.75. The van der Waals surface area contributed by atoms with Crippen molar-refractivity contribution in [1.29, 1.82) is 0 Å². The van der Waals surface area contributed by atoms with Crippen LogP contribution in [0.1, 0.15) is 0 Å². The second-order valence-electron chi connectivity index (χ2n) is 2.22. The summed E-state index contributed by atoms with van der Waals surface area (Å²) in [5.74, 6) is 0.683. The van der Waals surface area contributed by atoms with Crippen LogP contribution in [-0.2, 0) is 0 Å². The molecule has 5 heteroatoms. The highest BCUT2D eigenvalue weighted by atomic mass is 15.3. The van der Waals surface area contributed by atoms with Crippen LogP contribution in [0.4, 0.5) is 11.5 Å². The van der Waals surface area contributed by atoms with Crippen LogP contribution in [0.25, 0.3) is 0 Å². The maximum atomic E-state index is 3.94. The lowest BCUT2D eigenvalue weighted by molar-refractivity contribution is 0.942. The lowest BCUT2D eigenvalue weighted by Gasteiger charge is -1.98. The van der Waals surface area contributed by atoms with Gasteiger partial charge in [0.25, 0.3) is 0 Å². The van der Waals surface area contributed by atoms with Crippen molar-refractivity contribution in [2.24, 2.45) is 0 Å². The standard InChI is InChI=1S/C7H7N5/c1-2-6(4-8-3-1)10-7-5-9-12-11-7/h1-5H,(H2,9,10,11,12). The van der Waals surface area contributed by atoms with E-state index in [2.05, 4.69) is 25.7 Å². The Bertz CT molecular complexity index is 328. The van der Waals surface area contributed by atoms with E-state index in [4.69, 9.17) is 0 Å². The van der Waals surface area contributed by atoms with Crippen LogP contribution < -0.4 is 5.32 Å². The van der Waals surface area contributed by atoms with Crippen molar-refractivity contribution in [1.82, 2.24) is 20.4 Å². The third-order valence-electron chi connectivity index (χ3n) is 1.35. The first kappa shape index (κ1) is 6.78. The first-order valence-corrected chi connectivity index (χ1v) is 3.48. The fraction of sp³-hybridized carbons (Fsp3) is 0. The third kappa shape index (κ3) is 1.39. The molecule has 0 saturated heterocycles. The topological polar surface area (TPSA) is 66.5 Å². The maximum absolute atomic E-state index is 3.94. The highest BCUT2D eigenvalue weighted by molar-refractivity contribution is 5.52. The van der Waals surface area contributed by atoms with Gasteiger partial charge >= 0.3 is 0 Å². The van der Waals surface area contributed by atoms with E-state index in [1.54, 1.807) is 18.6 Å². The molecule has 0 aliphatic rings. The second kappa shape index (κ2) is 3.00. The van der Waals surface area contributed by atoms with E-state index in [1.807, 2.05) is 12.1 Å². The van der Waals surface area contributed by atoms with Gasteiger partial charge in [-0.1, -0.05) is 0 Å². The van der Waals surface area contributed by atoms with Crippen molar-refractivity contribution in [3.8, 4) is 0 Å². The van der Waals surface area contributed by atoms with Gasteiger partial charge in [0.05, 0.1) is 18.1 Å². The van der Waals surface area contributed by atoms with Crippen LogP contribution in [-0.4, -0.2) is 20.4 Å². The van der Waals surface area contributed by atoms with Crippen LogP contribution in [0, 0.1) is 0 Å². The number of H-pyrrole nitrogens is 1. The Morgan fingerprint density at radius 2 is 2.33 bits per heavy atom. The highest BCUT2D eigenvalue weighted by Crippen LogP contribution is 2.09. The molecule has 0 amide bonds. The Labute approximate surface area is 68.8 Å². The molecule has 0 unspecified atom stereocenters. The molecule has 0 atom stereocenters. The van der Waals surface area contributed by atoms with Gasteiger partial charge in [-0.25, -0.2) is 0 Å². The Morgan fingerprint density at radius 3 is 3.00 bits per heavy atom. The number of anilines is 2. The van der Waals surface area contributed by atoms with Crippen molar-refractivity contribution >= 4 is 11.5 Å². The molecule has 0 saturated carbocycles. The van der Waals surface area contributed by atoms with E-state index >= 15 is 0 Å². The van der Waals surface area contributed by atoms with E-state index in [0.29, 0.717) is 5.82 Å². The van der Waals surface area contributed by atoms with Gasteiger partial charge in [-0.15, -0.1) is 5.10 Å². The normalized spacial score (nSPS) is 9.67. The Morgan fingerprint density at radius 1 is 1.33 bits per heavy atom. The lowest BCUT2D eigenvalue weighted by Crippen LogP contribution is -1.90. The molecule has 0 fully saturated rings. The molecular formula is C7H7N5. The Balaban J connectivity index is 2.15. The molecule has 2 heterocycles. The van der Waals surface area contributed by atoms with E-state index in [9.17, 15) is 0 Å². The van der Waals surface area contributed by atoms with E-state index in [1.165, 1.54) is 0 Å². The maximum Gasteiger partial charge on any atom is 0.172 e.